The molecule has 98 valence electrons. The predicted molar refractivity (Wildman–Crippen MR) is 67.3 cm³/mol. The number of carboxylic acid groups (broad SMARTS) is 1. The van der Waals surface area contributed by atoms with E-state index < -0.39 is 5.97 Å². The monoisotopic (exact) mass is 250 g/mol. The quantitative estimate of drug-likeness (QED) is 0.832. The van der Waals surface area contributed by atoms with E-state index >= 15 is 0 Å². The van der Waals surface area contributed by atoms with Crippen molar-refractivity contribution in [1.82, 2.24) is 10.3 Å². The molecule has 1 unspecified atom stereocenters. The van der Waals surface area contributed by atoms with Gasteiger partial charge in [0.05, 0.1) is 12.0 Å². The van der Waals surface area contributed by atoms with Crippen molar-refractivity contribution >= 4 is 11.9 Å². The van der Waals surface area contributed by atoms with E-state index in [1.54, 1.807) is 25.3 Å². The van der Waals surface area contributed by atoms with E-state index in [2.05, 4.69) is 10.3 Å². The zero-order valence-electron chi connectivity index (χ0n) is 10.8. The third-order valence-corrected chi connectivity index (χ3v) is 2.77. The number of pyridine rings is 1. The lowest BCUT2D eigenvalue weighted by atomic mass is 10.0. The Morgan fingerprint density at radius 3 is 2.61 bits per heavy atom. The molecule has 0 radical (unpaired) electrons. The van der Waals surface area contributed by atoms with Gasteiger partial charge in [-0.05, 0) is 25.0 Å². The Bertz CT molecular complexity index is 444. The lowest BCUT2D eigenvalue weighted by Crippen LogP contribution is -2.40. The first-order valence-corrected chi connectivity index (χ1v) is 5.86. The zero-order valence-corrected chi connectivity index (χ0v) is 10.8. The van der Waals surface area contributed by atoms with Gasteiger partial charge in [0.25, 0.3) is 5.91 Å². The van der Waals surface area contributed by atoms with E-state index in [4.69, 9.17) is 5.11 Å². The summed E-state index contributed by atoms with van der Waals surface area (Å²) in [5.41, 5.74) is 1.11. The van der Waals surface area contributed by atoms with Gasteiger partial charge < -0.3 is 10.4 Å². The van der Waals surface area contributed by atoms with Gasteiger partial charge in [0.15, 0.2) is 0 Å². The SMILES string of the molecule is Cc1ncccc1C(=O)NC(CC(=O)O)C(C)C. The number of amides is 1. The molecule has 5 nitrogen and oxygen atoms in total. The molecule has 0 aromatic carbocycles. The Morgan fingerprint density at radius 2 is 2.11 bits per heavy atom. The van der Waals surface area contributed by atoms with Gasteiger partial charge in [-0.3, -0.25) is 14.6 Å². The summed E-state index contributed by atoms with van der Waals surface area (Å²) in [6.07, 6.45) is 1.53. The van der Waals surface area contributed by atoms with Crippen molar-refractivity contribution in [1.29, 1.82) is 0 Å². The number of carbonyl (C=O) groups is 2. The second kappa shape index (κ2) is 6.14. The maximum absolute atomic E-state index is 12.0. The minimum absolute atomic E-state index is 0.0574. The lowest BCUT2D eigenvalue weighted by molar-refractivity contribution is -0.137. The molecule has 0 aliphatic heterocycles. The van der Waals surface area contributed by atoms with E-state index in [0.717, 1.165) is 0 Å². The molecule has 18 heavy (non-hydrogen) atoms. The number of hydrogen-bond donors (Lipinski definition) is 2. The summed E-state index contributed by atoms with van der Waals surface area (Å²) in [5, 5.41) is 11.6. The van der Waals surface area contributed by atoms with Crippen LogP contribution in [-0.2, 0) is 4.79 Å². The van der Waals surface area contributed by atoms with Crippen molar-refractivity contribution in [2.24, 2.45) is 5.92 Å². The van der Waals surface area contributed by atoms with Crippen LogP contribution < -0.4 is 5.32 Å². The van der Waals surface area contributed by atoms with Crippen molar-refractivity contribution in [3.63, 3.8) is 0 Å². The number of hydrogen-bond acceptors (Lipinski definition) is 3. The number of rotatable bonds is 5. The maximum atomic E-state index is 12.0. The Kier molecular flexibility index (Phi) is 4.83. The highest BCUT2D eigenvalue weighted by Gasteiger charge is 2.20. The summed E-state index contributed by atoms with van der Waals surface area (Å²) < 4.78 is 0. The fraction of sp³-hybridized carbons (Fsp3) is 0.462. The molecule has 0 saturated carbocycles. The van der Waals surface area contributed by atoms with Gasteiger partial charge in [-0.25, -0.2) is 0 Å². The van der Waals surface area contributed by atoms with E-state index in [0.29, 0.717) is 11.3 Å². The summed E-state index contributed by atoms with van der Waals surface area (Å²) in [5.74, 6) is -1.14. The van der Waals surface area contributed by atoms with Crippen molar-refractivity contribution in [2.45, 2.75) is 33.2 Å². The van der Waals surface area contributed by atoms with Crippen molar-refractivity contribution in [3.05, 3.63) is 29.6 Å². The van der Waals surface area contributed by atoms with Crippen molar-refractivity contribution < 1.29 is 14.7 Å². The highest BCUT2D eigenvalue weighted by atomic mass is 16.4. The number of carbonyl (C=O) groups excluding carboxylic acids is 1. The topological polar surface area (TPSA) is 79.3 Å². The third kappa shape index (κ3) is 3.84. The molecule has 2 N–H and O–H groups in total. The minimum atomic E-state index is -0.920. The number of aryl methyl sites for hydroxylation is 1. The van der Waals surface area contributed by atoms with Crippen molar-refractivity contribution in [2.75, 3.05) is 0 Å². The van der Waals surface area contributed by atoms with Crippen LogP contribution >= 0.6 is 0 Å². The van der Waals surface area contributed by atoms with Gasteiger partial charge in [-0.15, -0.1) is 0 Å². The molecule has 5 heteroatoms. The lowest BCUT2D eigenvalue weighted by Gasteiger charge is -2.20. The molecular weight excluding hydrogens is 232 g/mol. The van der Waals surface area contributed by atoms with Crippen LogP contribution in [0.3, 0.4) is 0 Å². The number of aromatic nitrogens is 1. The van der Waals surface area contributed by atoms with Gasteiger partial charge in [0.2, 0.25) is 0 Å². The van der Waals surface area contributed by atoms with Crippen LogP contribution in [0.1, 0.15) is 36.3 Å². The molecule has 1 amide bonds. The third-order valence-electron chi connectivity index (χ3n) is 2.77. The zero-order chi connectivity index (χ0) is 13.7. The molecular formula is C13H18N2O3. The molecule has 0 fully saturated rings. The summed E-state index contributed by atoms with van der Waals surface area (Å²) in [4.78, 5) is 26.8. The van der Waals surface area contributed by atoms with Crippen LogP contribution in [0.25, 0.3) is 0 Å². The molecule has 1 rings (SSSR count). The average molecular weight is 250 g/mol. The summed E-state index contributed by atoms with van der Waals surface area (Å²) in [6.45, 7) is 5.50. The Morgan fingerprint density at radius 1 is 1.44 bits per heavy atom. The van der Waals surface area contributed by atoms with E-state index in [1.165, 1.54) is 0 Å². The van der Waals surface area contributed by atoms with Crippen LogP contribution in [0.4, 0.5) is 0 Å². The molecule has 0 saturated heterocycles. The van der Waals surface area contributed by atoms with Gasteiger partial charge >= 0.3 is 5.97 Å². The molecule has 1 aromatic heterocycles. The van der Waals surface area contributed by atoms with E-state index in [1.807, 2.05) is 13.8 Å². The molecule has 0 aliphatic carbocycles. The fourth-order valence-electron chi connectivity index (χ4n) is 1.61. The van der Waals surface area contributed by atoms with Crippen LogP contribution in [-0.4, -0.2) is 28.0 Å². The van der Waals surface area contributed by atoms with Crippen LogP contribution in [0, 0.1) is 12.8 Å². The highest BCUT2D eigenvalue weighted by molar-refractivity contribution is 5.95. The largest absolute Gasteiger partial charge is 0.481 e. The summed E-state index contributed by atoms with van der Waals surface area (Å²) in [6, 6.07) is 2.98. The van der Waals surface area contributed by atoms with Crippen molar-refractivity contribution in [3.8, 4) is 0 Å². The standard InChI is InChI=1S/C13H18N2O3/c1-8(2)11(7-12(16)17)15-13(18)10-5-4-6-14-9(10)3/h4-6,8,11H,7H2,1-3H3,(H,15,18)(H,16,17). The van der Waals surface area contributed by atoms with Gasteiger partial charge in [0, 0.05) is 17.9 Å². The Labute approximate surface area is 106 Å². The molecule has 0 bridgehead atoms. The number of nitrogens with zero attached hydrogens (tertiary/aromatic N) is 1. The average Bonchev–Trinajstić information content (AvgIpc) is 2.27. The predicted octanol–water partition coefficient (Wildman–Crippen LogP) is 1.62. The second-order valence-corrected chi connectivity index (χ2v) is 4.56. The summed E-state index contributed by atoms with van der Waals surface area (Å²) in [7, 11) is 0. The smallest absolute Gasteiger partial charge is 0.305 e. The summed E-state index contributed by atoms with van der Waals surface area (Å²) >= 11 is 0. The fourth-order valence-corrected chi connectivity index (χ4v) is 1.61. The number of nitrogens with one attached hydrogen (secondary N) is 1. The molecule has 1 heterocycles. The van der Waals surface area contributed by atoms with E-state index in [9.17, 15) is 9.59 Å². The second-order valence-electron chi connectivity index (χ2n) is 4.56. The minimum Gasteiger partial charge on any atom is -0.481 e. The molecule has 1 aromatic rings. The first-order valence-electron chi connectivity index (χ1n) is 5.86. The van der Waals surface area contributed by atoms with Gasteiger partial charge in [0.1, 0.15) is 0 Å². The van der Waals surface area contributed by atoms with Gasteiger partial charge in [-0.2, -0.15) is 0 Å². The first-order chi connectivity index (χ1) is 8.41. The molecule has 0 spiro atoms. The Balaban J connectivity index is 2.79. The van der Waals surface area contributed by atoms with Gasteiger partial charge in [-0.1, -0.05) is 13.8 Å². The van der Waals surface area contributed by atoms with Crippen LogP contribution in [0.5, 0.6) is 0 Å². The molecule has 1 atom stereocenters. The Hall–Kier alpha value is -1.91. The molecule has 0 aliphatic rings. The number of carboxylic acids is 1. The first kappa shape index (κ1) is 14.2. The van der Waals surface area contributed by atoms with Crippen LogP contribution in [0.2, 0.25) is 0 Å². The normalized spacial score (nSPS) is 12.2. The van der Waals surface area contributed by atoms with E-state index in [-0.39, 0.29) is 24.3 Å². The number of aliphatic carboxylic acids is 1. The van der Waals surface area contributed by atoms with Crippen LogP contribution in [0.15, 0.2) is 18.3 Å². The maximum Gasteiger partial charge on any atom is 0.305 e. The highest BCUT2D eigenvalue weighted by Crippen LogP contribution is 2.09.